The second kappa shape index (κ2) is 8.33. The van der Waals surface area contributed by atoms with Crippen LogP contribution < -0.4 is 4.74 Å². The number of carbonyl (C=O) groups is 1. The molecule has 3 heteroatoms. The lowest BCUT2D eigenvalue weighted by Crippen LogP contribution is -2.50. The summed E-state index contributed by atoms with van der Waals surface area (Å²) in [5.41, 5.74) is 0.811. The number of unbranched alkanes of at least 4 members (excludes halogenated alkanes) is 2. The van der Waals surface area contributed by atoms with Gasteiger partial charge in [-0.25, -0.2) is 0 Å². The lowest BCUT2D eigenvalue weighted by atomic mass is 10.1. The molecule has 0 aliphatic carbocycles. The standard InChI is InChI=1S/C19H30NO2/c1-3-4-8-15-22-18-11-9-17(10-12-18)19(21)16-20(2)13-6-5-7-14-20/h9-12H,3-8,13-16H2,1-2H3/q+1. The molecule has 1 fully saturated rings. The maximum atomic E-state index is 12.5. The Bertz CT molecular complexity index is 461. The summed E-state index contributed by atoms with van der Waals surface area (Å²) in [6, 6.07) is 7.67. The van der Waals surface area contributed by atoms with Crippen LogP contribution in [-0.2, 0) is 0 Å². The molecule has 0 spiro atoms. The van der Waals surface area contributed by atoms with Gasteiger partial charge >= 0.3 is 0 Å². The van der Waals surface area contributed by atoms with E-state index in [2.05, 4.69) is 14.0 Å². The number of hydrogen-bond acceptors (Lipinski definition) is 2. The van der Waals surface area contributed by atoms with Crippen molar-refractivity contribution in [2.45, 2.75) is 45.4 Å². The van der Waals surface area contributed by atoms with E-state index >= 15 is 0 Å². The van der Waals surface area contributed by atoms with Crippen LogP contribution in [0, 0.1) is 0 Å². The highest BCUT2D eigenvalue weighted by Gasteiger charge is 2.28. The SMILES string of the molecule is CCCCCOc1ccc(C(=O)C[N+]2(C)CCCCC2)cc1. The summed E-state index contributed by atoms with van der Waals surface area (Å²) in [6.07, 6.45) is 7.29. The Balaban J connectivity index is 1.85. The number of likely N-dealkylation sites (N-methyl/N-ethyl adjacent to an activating group) is 1. The van der Waals surface area contributed by atoms with Gasteiger partial charge in [0.15, 0.2) is 0 Å². The monoisotopic (exact) mass is 304 g/mol. The Labute approximate surface area is 134 Å². The van der Waals surface area contributed by atoms with Crippen molar-refractivity contribution >= 4 is 5.78 Å². The second-order valence-electron chi connectivity index (χ2n) is 6.79. The number of piperidine rings is 1. The van der Waals surface area contributed by atoms with Gasteiger partial charge in [0, 0.05) is 5.56 Å². The van der Waals surface area contributed by atoms with Crippen molar-refractivity contribution in [3.63, 3.8) is 0 Å². The largest absolute Gasteiger partial charge is 0.494 e. The topological polar surface area (TPSA) is 26.3 Å². The number of likely N-dealkylation sites (tertiary alicyclic amines) is 1. The number of carbonyl (C=O) groups excluding carboxylic acids is 1. The van der Waals surface area contributed by atoms with Crippen LogP contribution in [0.4, 0.5) is 0 Å². The molecule has 22 heavy (non-hydrogen) atoms. The first-order valence-corrected chi connectivity index (χ1v) is 8.72. The van der Waals surface area contributed by atoms with E-state index in [0.717, 1.165) is 41.9 Å². The Morgan fingerprint density at radius 3 is 2.41 bits per heavy atom. The Hall–Kier alpha value is -1.35. The fourth-order valence-electron chi connectivity index (χ4n) is 3.15. The van der Waals surface area contributed by atoms with Crippen molar-refractivity contribution in [1.29, 1.82) is 0 Å². The minimum atomic E-state index is 0.252. The number of ether oxygens (including phenoxy) is 1. The van der Waals surface area contributed by atoms with Crippen molar-refractivity contribution < 1.29 is 14.0 Å². The molecule has 122 valence electrons. The summed E-state index contributed by atoms with van der Waals surface area (Å²) >= 11 is 0. The van der Waals surface area contributed by atoms with Crippen LogP contribution in [0.3, 0.4) is 0 Å². The Morgan fingerprint density at radius 2 is 1.77 bits per heavy atom. The molecular formula is C19H30NO2+. The van der Waals surface area contributed by atoms with E-state index in [1.807, 2.05) is 24.3 Å². The molecule has 0 aromatic heterocycles. The number of nitrogens with zero attached hydrogens (tertiary/aromatic N) is 1. The van der Waals surface area contributed by atoms with Crippen molar-refractivity contribution in [1.82, 2.24) is 0 Å². The van der Waals surface area contributed by atoms with Gasteiger partial charge in [-0.05, 0) is 49.9 Å². The first-order chi connectivity index (χ1) is 10.6. The van der Waals surface area contributed by atoms with Crippen LogP contribution in [0.5, 0.6) is 5.75 Å². The first-order valence-electron chi connectivity index (χ1n) is 8.72. The predicted octanol–water partition coefficient (Wildman–Crippen LogP) is 4.07. The summed E-state index contributed by atoms with van der Waals surface area (Å²) in [6.45, 7) is 5.83. The number of rotatable bonds is 8. The minimum Gasteiger partial charge on any atom is -0.494 e. The average molecular weight is 304 g/mol. The number of Topliss-reactive ketones (excluding diaryl/α,β-unsaturated/α-hetero) is 1. The zero-order chi connectivity index (χ0) is 15.8. The molecule has 0 amide bonds. The molecule has 0 N–H and O–H groups in total. The van der Waals surface area contributed by atoms with Gasteiger partial charge < -0.3 is 9.22 Å². The Kier molecular flexibility index (Phi) is 6.44. The lowest BCUT2D eigenvalue weighted by Gasteiger charge is -2.37. The predicted molar refractivity (Wildman–Crippen MR) is 90.4 cm³/mol. The third-order valence-corrected chi connectivity index (χ3v) is 4.61. The third kappa shape index (κ3) is 5.13. The quantitative estimate of drug-likeness (QED) is 0.411. The molecule has 0 unspecified atom stereocenters. The van der Waals surface area contributed by atoms with E-state index in [-0.39, 0.29) is 5.78 Å². The highest BCUT2D eigenvalue weighted by atomic mass is 16.5. The van der Waals surface area contributed by atoms with Gasteiger partial charge in [-0.1, -0.05) is 19.8 Å². The lowest BCUT2D eigenvalue weighted by molar-refractivity contribution is -0.906. The summed E-state index contributed by atoms with van der Waals surface area (Å²) in [4.78, 5) is 12.5. The van der Waals surface area contributed by atoms with Crippen LogP contribution >= 0.6 is 0 Å². The number of ketones is 1. The van der Waals surface area contributed by atoms with Crippen molar-refractivity contribution in [2.75, 3.05) is 33.3 Å². The van der Waals surface area contributed by atoms with E-state index in [1.165, 1.54) is 32.1 Å². The molecule has 1 aromatic carbocycles. The third-order valence-electron chi connectivity index (χ3n) is 4.61. The van der Waals surface area contributed by atoms with E-state index in [1.54, 1.807) is 0 Å². The summed E-state index contributed by atoms with van der Waals surface area (Å²) in [7, 11) is 2.21. The molecule has 1 saturated heterocycles. The van der Waals surface area contributed by atoms with Gasteiger partial charge in [-0.3, -0.25) is 4.79 Å². The molecule has 1 heterocycles. The van der Waals surface area contributed by atoms with Crippen LogP contribution in [0.1, 0.15) is 55.8 Å². The van der Waals surface area contributed by atoms with E-state index < -0.39 is 0 Å². The molecule has 3 nitrogen and oxygen atoms in total. The van der Waals surface area contributed by atoms with Gasteiger partial charge in [0.1, 0.15) is 12.3 Å². The summed E-state index contributed by atoms with van der Waals surface area (Å²) < 4.78 is 6.59. The van der Waals surface area contributed by atoms with Gasteiger partial charge in [0.25, 0.3) is 0 Å². The minimum absolute atomic E-state index is 0.252. The molecule has 0 atom stereocenters. The molecule has 1 aliphatic rings. The van der Waals surface area contributed by atoms with Gasteiger partial charge in [-0.15, -0.1) is 0 Å². The zero-order valence-electron chi connectivity index (χ0n) is 14.1. The van der Waals surface area contributed by atoms with Crippen molar-refractivity contribution in [3.8, 4) is 5.75 Å². The normalized spacial score (nSPS) is 17.2. The summed E-state index contributed by atoms with van der Waals surface area (Å²) in [5.74, 6) is 1.12. The maximum Gasteiger partial charge on any atom is 0.216 e. The number of quaternary nitrogens is 1. The zero-order valence-corrected chi connectivity index (χ0v) is 14.1. The smallest absolute Gasteiger partial charge is 0.216 e. The fourth-order valence-corrected chi connectivity index (χ4v) is 3.15. The molecule has 2 rings (SSSR count). The van der Waals surface area contributed by atoms with Gasteiger partial charge in [-0.2, -0.15) is 0 Å². The van der Waals surface area contributed by atoms with E-state index in [4.69, 9.17) is 4.74 Å². The molecule has 0 radical (unpaired) electrons. The van der Waals surface area contributed by atoms with Crippen molar-refractivity contribution in [3.05, 3.63) is 29.8 Å². The highest BCUT2D eigenvalue weighted by molar-refractivity contribution is 5.97. The van der Waals surface area contributed by atoms with Crippen LogP contribution in [-0.4, -0.2) is 43.6 Å². The second-order valence-corrected chi connectivity index (χ2v) is 6.79. The molecule has 0 saturated carbocycles. The Morgan fingerprint density at radius 1 is 1.09 bits per heavy atom. The first kappa shape index (κ1) is 17.0. The molecular weight excluding hydrogens is 274 g/mol. The van der Waals surface area contributed by atoms with Crippen LogP contribution in [0.2, 0.25) is 0 Å². The molecule has 1 aromatic rings. The van der Waals surface area contributed by atoms with Crippen LogP contribution in [0.15, 0.2) is 24.3 Å². The van der Waals surface area contributed by atoms with Crippen LogP contribution in [0.25, 0.3) is 0 Å². The molecule has 0 bridgehead atoms. The number of benzene rings is 1. The van der Waals surface area contributed by atoms with E-state index in [9.17, 15) is 4.79 Å². The maximum absolute atomic E-state index is 12.5. The number of hydrogen-bond donors (Lipinski definition) is 0. The highest BCUT2D eigenvalue weighted by Crippen LogP contribution is 2.18. The molecule has 1 aliphatic heterocycles. The van der Waals surface area contributed by atoms with Gasteiger partial charge in [0.2, 0.25) is 5.78 Å². The average Bonchev–Trinajstić information content (AvgIpc) is 2.52. The fraction of sp³-hybridized carbons (Fsp3) is 0.632. The van der Waals surface area contributed by atoms with Gasteiger partial charge in [0.05, 0.1) is 26.7 Å². The van der Waals surface area contributed by atoms with Crippen molar-refractivity contribution in [2.24, 2.45) is 0 Å². The van der Waals surface area contributed by atoms with E-state index in [0.29, 0.717) is 6.54 Å². The summed E-state index contributed by atoms with van der Waals surface area (Å²) in [5, 5.41) is 0.